The molecule has 2 aromatic rings. The lowest BCUT2D eigenvalue weighted by Gasteiger charge is -2.31. The lowest BCUT2D eigenvalue weighted by Crippen LogP contribution is -2.30. The van der Waals surface area contributed by atoms with Crippen molar-refractivity contribution in [2.75, 3.05) is 23.3 Å². The summed E-state index contributed by atoms with van der Waals surface area (Å²) in [5.74, 6) is -0.659. The molecule has 1 heterocycles. The van der Waals surface area contributed by atoms with Gasteiger partial charge in [-0.15, -0.1) is 0 Å². The van der Waals surface area contributed by atoms with Crippen molar-refractivity contribution in [3.05, 3.63) is 59.7 Å². The zero-order valence-corrected chi connectivity index (χ0v) is 16.0. The van der Waals surface area contributed by atoms with Crippen molar-refractivity contribution in [3.8, 4) is 0 Å². The maximum atomic E-state index is 13.1. The molecule has 4 nitrogen and oxygen atoms in total. The number of piperidine rings is 1. The summed E-state index contributed by atoms with van der Waals surface area (Å²) in [6.07, 6.45) is -1.60. The van der Waals surface area contributed by atoms with Gasteiger partial charge in [0.2, 0.25) is 5.91 Å². The van der Waals surface area contributed by atoms with E-state index in [1.807, 2.05) is 4.90 Å². The molecule has 1 saturated heterocycles. The van der Waals surface area contributed by atoms with Gasteiger partial charge in [-0.25, -0.2) is 0 Å². The third kappa shape index (κ3) is 5.59. The number of ketones is 1. The Labute approximate surface area is 167 Å². The minimum absolute atomic E-state index is 0.00610. The van der Waals surface area contributed by atoms with E-state index in [2.05, 4.69) is 5.32 Å². The fourth-order valence-electron chi connectivity index (χ4n) is 3.43. The Morgan fingerprint density at radius 3 is 2.28 bits per heavy atom. The minimum Gasteiger partial charge on any atom is -0.370 e. The number of anilines is 2. The van der Waals surface area contributed by atoms with Gasteiger partial charge in [-0.2, -0.15) is 13.2 Å². The molecule has 0 unspecified atom stereocenters. The van der Waals surface area contributed by atoms with Gasteiger partial charge in [0.25, 0.3) is 0 Å². The molecule has 1 N–H and O–H groups in total. The summed E-state index contributed by atoms with van der Waals surface area (Å²) in [5, 5.41) is 2.59. The van der Waals surface area contributed by atoms with Crippen molar-refractivity contribution in [1.29, 1.82) is 0 Å². The molecule has 0 aromatic heterocycles. The summed E-state index contributed by atoms with van der Waals surface area (Å²) >= 11 is 0. The van der Waals surface area contributed by atoms with Crippen LogP contribution in [0.5, 0.6) is 0 Å². The molecule has 3 rings (SSSR count). The van der Waals surface area contributed by atoms with Gasteiger partial charge in [-0.05, 0) is 37.5 Å². The number of carbonyl (C=O) groups is 2. The zero-order valence-electron chi connectivity index (χ0n) is 16.0. The monoisotopic (exact) mass is 404 g/mol. The highest BCUT2D eigenvalue weighted by Gasteiger charge is 2.31. The Morgan fingerprint density at radius 1 is 0.931 bits per heavy atom. The zero-order chi connectivity index (χ0) is 20.9. The van der Waals surface area contributed by atoms with Crippen LogP contribution in [-0.2, 0) is 11.0 Å². The number of hydrogen-bond acceptors (Lipinski definition) is 3. The molecular weight excluding hydrogens is 381 g/mol. The van der Waals surface area contributed by atoms with Crippen LogP contribution in [0, 0.1) is 0 Å². The molecular formula is C22H23F3N2O2. The lowest BCUT2D eigenvalue weighted by molar-refractivity contribution is -0.137. The molecule has 2 aromatic carbocycles. The quantitative estimate of drug-likeness (QED) is 0.665. The third-order valence-corrected chi connectivity index (χ3v) is 4.97. The average molecular weight is 404 g/mol. The number of halogens is 3. The molecule has 0 atom stereocenters. The van der Waals surface area contributed by atoms with E-state index < -0.39 is 17.6 Å². The Hall–Kier alpha value is -2.83. The second-order valence-corrected chi connectivity index (χ2v) is 7.11. The Balaban J connectivity index is 1.73. The summed E-state index contributed by atoms with van der Waals surface area (Å²) in [7, 11) is 0. The maximum Gasteiger partial charge on any atom is 0.416 e. The van der Waals surface area contributed by atoms with Crippen LogP contribution in [0.1, 0.15) is 48.0 Å². The molecule has 29 heavy (non-hydrogen) atoms. The molecule has 0 spiro atoms. The maximum absolute atomic E-state index is 13.1. The smallest absolute Gasteiger partial charge is 0.370 e. The SMILES string of the molecule is O=C(CCC(=O)c1ccccc1)Nc1cc(C(F)(F)F)ccc1N1CCCCC1. The fourth-order valence-corrected chi connectivity index (χ4v) is 3.43. The van der Waals surface area contributed by atoms with Crippen molar-refractivity contribution < 1.29 is 22.8 Å². The number of hydrogen-bond donors (Lipinski definition) is 1. The first-order chi connectivity index (χ1) is 13.8. The number of rotatable bonds is 6. The van der Waals surface area contributed by atoms with Crippen LogP contribution in [0.3, 0.4) is 0 Å². The highest BCUT2D eigenvalue weighted by Crippen LogP contribution is 2.36. The van der Waals surface area contributed by atoms with Crippen LogP contribution in [0.2, 0.25) is 0 Å². The molecule has 154 valence electrons. The first-order valence-electron chi connectivity index (χ1n) is 9.69. The number of amides is 1. The van der Waals surface area contributed by atoms with E-state index in [-0.39, 0.29) is 24.3 Å². The summed E-state index contributed by atoms with van der Waals surface area (Å²) in [4.78, 5) is 26.5. The van der Waals surface area contributed by atoms with Gasteiger partial charge in [0.05, 0.1) is 16.9 Å². The largest absolute Gasteiger partial charge is 0.416 e. The van der Waals surface area contributed by atoms with Crippen molar-refractivity contribution in [2.24, 2.45) is 0 Å². The summed E-state index contributed by atoms with van der Waals surface area (Å²) < 4.78 is 39.4. The van der Waals surface area contributed by atoms with E-state index in [1.54, 1.807) is 30.3 Å². The molecule has 1 amide bonds. The number of nitrogens with one attached hydrogen (secondary N) is 1. The molecule has 1 fully saturated rings. The van der Waals surface area contributed by atoms with E-state index in [9.17, 15) is 22.8 Å². The number of benzene rings is 2. The van der Waals surface area contributed by atoms with Gasteiger partial charge < -0.3 is 10.2 Å². The minimum atomic E-state index is -4.50. The molecule has 1 aliphatic rings. The number of carbonyl (C=O) groups excluding carboxylic acids is 2. The van der Waals surface area contributed by atoms with Gasteiger partial charge in [-0.1, -0.05) is 30.3 Å². The Morgan fingerprint density at radius 2 is 1.62 bits per heavy atom. The summed E-state index contributed by atoms with van der Waals surface area (Å²) in [6.45, 7) is 1.47. The first-order valence-corrected chi connectivity index (χ1v) is 9.69. The number of alkyl halides is 3. The lowest BCUT2D eigenvalue weighted by atomic mass is 10.1. The number of Topliss-reactive ketones (excluding diaryl/α,β-unsaturated/α-hetero) is 1. The highest BCUT2D eigenvalue weighted by atomic mass is 19.4. The van der Waals surface area contributed by atoms with Crippen molar-refractivity contribution in [1.82, 2.24) is 0 Å². The van der Waals surface area contributed by atoms with Crippen LogP contribution in [0.15, 0.2) is 48.5 Å². The molecule has 1 aliphatic heterocycles. The second-order valence-electron chi connectivity index (χ2n) is 7.11. The molecule has 7 heteroatoms. The van der Waals surface area contributed by atoms with Crippen molar-refractivity contribution in [2.45, 2.75) is 38.3 Å². The Bertz CT molecular complexity index is 860. The predicted molar refractivity (Wildman–Crippen MR) is 106 cm³/mol. The van der Waals surface area contributed by atoms with Gasteiger partial charge >= 0.3 is 6.18 Å². The van der Waals surface area contributed by atoms with E-state index >= 15 is 0 Å². The first kappa shape index (κ1) is 20.9. The van der Waals surface area contributed by atoms with Crippen LogP contribution >= 0.6 is 0 Å². The van der Waals surface area contributed by atoms with Crippen LogP contribution in [0.25, 0.3) is 0 Å². The number of nitrogens with zero attached hydrogens (tertiary/aromatic N) is 1. The molecule has 0 saturated carbocycles. The van der Waals surface area contributed by atoms with Gasteiger partial charge in [0.1, 0.15) is 0 Å². The highest BCUT2D eigenvalue weighted by molar-refractivity contribution is 6.01. The van der Waals surface area contributed by atoms with Crippen LogP contribution in [-0.4, -0.2) is 24.8 Å². The molecule has 0 radical (unpaired) electrons. The van der Waals surface area contributed by atoms with Gasteiger partial charge in [0, 0.05) is 31.5 Å². The topological polar surface area (TPSA) is 49.4 Å². The third-order valence-electron chi connectivity index (χ3n) is 4.97. The normalized spacial score (nSPS) is 14.5. The van der Waals surface area contributed by atoms with Gasteiger partial charge in [-0.3, -0.25) is 9.59 Å². The van der Waals surface area contributed by atoms with E-state index in [1.165, 1.54) is 6.07 Å². The molecule has 0 bridgehead atoms. The fraction of sp³-hybridized carbons (Fsp3) is 0.364. The van der Waals surface area contributed by atoms with E-state index in [0.29, 0.717) is 11.3 Å². The van der Waals surface area contributed by atoms with Crippen LogP contribution in [0.4, 0.5) is 24.5 Å². The van der Waals surface area contributed by atoms with Crippen molar-refractivity contribution >= 4 is 23.1 Å². The van der Waals surface area contributed by atoms with Crippen LogP contribution < -0.4 is 10.2 Å². The van der Waals surface area contributed by atoms with E-state index in [0.717, 1.165) is 44.5 Å². The predicted octanol–water partition coefficient (Wildman–Crippen LogP) is 5.30. The molecule has 0 aliphatic carbocycles. The second kappa shape index (κ2) is 9.11. The average Bonchev–Trinajstić information content (AvgIpc) is 2.72. The summed E-state index contributed by atoms with van der Waals surface area (Å²) in [5.41, 5.74) is 0.418. The summed E-state index contributed by atoms with van der Waals surface area (Å²) in [6, 6.07) is 12.0. The Kier molecular flexibility index (Phi) is 6.56. The van der Waals surface area contributed by atoms with Gasteiger partial charge in [0.15, 0.2) is 5.78 Å². The standard InChI is InChI=1S/C22H23F3N2O2/c23-22(24,25)17-9-10-19(27-13-5-2-6-14-27)18(15-17)26-21(29)12-11-20(28)16-7-3-1-4-8-16/h1,3-4,7-10,15H,2,5-6,11-14H2,(H,26,29). The van der Waals surface area contributed by atoms with E-state index in [4.69, 9.17) is 0 Å². The van der Waals surface area contributed by atoms with Crippen molar-refractivity contribution in [3.63, 3.8) is 0 Å².